The highest BCUT2D eigenvalue weighted by Crippen LogP contribution is 2.24. The van der Waals surface area contributed by atoms with E-state index in [0.717, 1.165) is 18.5 Å². The van der Waals surface area contributed by atoms with Crippen LogP contribution in [-0.2, 0) is 11.3 Å². The Hall–Kier alpha value is -0.900. The van der Waals surface area contributed by atoms with Gasteiger partial charge in [-0.05, 0) is 39.5 Å². The number of carbonyl (C=O) groups excluding carboxylic acids is 1. The highest BCUT2D eigenvalue weighted by molar-refractivity contribution is 9.10. The average Bonchev–Trinajstić information content (AvgIpc) is 2.65. The van der Waals surface area contributed by atoms with Crippen LogP contribution in [0.2, 0.25) is 0 Å². The average molecular weight is 300 g/mol. The number of halogens is 2. The van der Waals surface area contributed by atoms with Crippen LogP contribution >= 0.6 is 15.9 Å². The predicted octanol–water partition coefficient (Wildman–Crippen LogP) is 3.35. The van der Waals surface area contributed by atoms with Gasteiger partial charge in [-0.3, -0.25) is 4.79 Å². The molecule has 1 aromatic carbocycles. The maximum Gasteiger partial charge on any atom is 0.223 e. The molecule has 0 saturated carbocycles. The van der Waals surface area contributed by atoms with Gasteiger partial charge in [0.15, 0.2) is 0 Å². The van der Waals surface area contributed by atoms with Gasteiger partial charge in [0.25, 0.3) is 0 Å². The van der Waals surface area contributed by atoms with E-state index in [1.165, 1.54) is 6.07 Å². The van der Waals surface area contributed by atoms with Crippen LogP contribution in [-0.4, -0.2) is 17.4 Å². The highest BCUT2D eigenvalue weighted by Gasteiger charge is 2.28. The second-order valence-electron chi connectivity index (χ2n) is 4.50. The van der Waals surface area contributed by atoms with Crippen molar-refractivity contribution in [2.45, 2.75) is 26.3 Å². The molecule has 2 rings (SSSR count). The van der Waals surface area contributed by atoms with E-state index in [9.17, 15) is 9.18 Å². The van der Waals surface area contributed by atoms with E-state index in [0.29, 0.717) is 23.4 Å². The van der Waals surface area contributed by atoms with Crippen LogP contribution in [0.25, 0.3) is 0 Å². The first kappa shape index (κ1) is 12.6. The lowest BCUT2D eigenvalue weighted by Gasteiger charge is -2.16. The minimum atomic E-state index is -0.270. The molecule has 0 bridgehead atoms. The summed E-state index contributed by atoms with van der Waals surface area (Å²) in [5.74, 6) is 0.414. The van der Waals surface area contributed by atoms with Crippen LogP contribution in [0.5, 0.6) is 0 Å². The van der Waals surface area contributed by atoms with Gasteiger partial charge in [0.2, 0.25) is 5.91 Å². The van der Waals surface area contributed by atoms with E-state index in [2.05, 4.69) is 22.9 Å². The fraction of sp³-hybridized carbons (Fsp3) is 0.462. The van der Waals surface area contributed by atoms with Crippen LogP contribution in [0.15, 0.2) is 22.7 Å². The normalized spacial score (nSPS) is 20.1. The molecule has 1 unspecified atom stereocenters. The summed E-state index contributed by atoms with van der Waals surface area (Å²) in [6.07, 6.45) is 1.69. The molecule has 0 aliphatic carbocycles. The Labute approximate surface area is 109 Å². The van der Waals surface area contributed by atoms with Crippen LogP contribution in [0, 0.1) is 11.7 Å². The first-order valence-corrected chi connectivity index (χ1v) is 6.61. The van der Waals surface area contributed by atoms with Crippen molar-refractivity contribution in [3.63, 3.8) is 0 Å². The first-order valence-electron chi connectivity index (χ1n) is 5.82. The molecule has 92 valence electrons. The Morgan fingerprint density at radius 1 is 1.53 bits per heavy atom. The standard InChI is InChI=1S/C13H15BrFNO/c1-2-9-6-13(17)16(7-9)8-10-3-4-12(15)11(14)5-10/h3-5,9H,2,6-8H2,1H3. The number of benzene rings is 1. The fourth-order valence-electron chi connectivity index (χ4n) is 2.14. The smallest absolute Gasteiger partial charge is 0.223 e. The van der Waals surface area contributed by atoms with E-state index in [-0.39, 0.29) is 11.7 Å². The number of carbonyl (C=O) groups is 1. The third-order valence-corrected chi connectivity index (χ3v) is 3.84. The quantitative estimate of drug-likeness (QED) is 0.838. The summed E-state index contributed by atoms with van der Waals surface area (Å²) >= 11 is 3.16. The van der Waals surface area contributed by atoms with Gasteiger partial charge in [0, 0.05) is 19.5 Å². The van der Waals surface area contributed by atoms with Crippen LogP contribution in [0.1, 0.15) is 25.3 Å². The Morgan fingerprint density at radius 3 is 2.88 bits per heavy atom. The minimum absolute atomic E-state index is 0.206. The van der Waals surface area contributed by atoms with E-state index in [4.69, 9.17) is 0 Å². The molecule has 0 aromatic heterocycles. The summed E-state index contributed by atoms with van der Waals surface area (Å²) in [4.78, 5) is 13.6. The molecule has 1 saturated heterocycles. The van der Waals surface area contributed by atoms with E-state index < -0.39 is 0 Å². The molecule has 4 heteroatoms. The number of hydrogen-bond acceptors (Lipinski definition) is 1. The van der Waals surface area contributed by atoms with Gasteiger partial charge in [-0.2, -0.15) is 0 Å². The SMILES string of the molecule is CCC1CC(=O)N(Cc2ccc(F)c(Br)c2)C1. The largest absolute Gasteiger partial charge is 0.338 e. The first-order chi connectivity index (χ1) is 8.10. The number of hydrogen-bond donors (Lipinski definition) is 0. The second-order valence-corrected chi connectivity index (χ2v) is 5.36. The second kappa shape index (κ2) is 5.17. The number of rotatable bonds is 3. The Morgan fingerprint density at radius 2 is 2.29 bits per heavy atom. The molecule has 1 heterocycles. The summed E-state index contributed by atoms with van der Waals surface area (Å²) < 4.78 is 13.5. The lowest BCUT2D eigenvalue weighted by Crippen LogP contribution is -2.24. The van der Waals surface area contributed by atoms with Gasteiger partial charge in [0.05, 0.1) is 4.47 Å². The van der Waals surface area contributed by atoms with Gasteiger partial charge in [-0.25, -0.2) is 4.39 Å². The van der Waals surface area contributed by atoms with Crippen molar-refractivity contribution < 1.29 is 9.18 Å². The van der Waals surface area contributed by atoms with E-state index in [1.54, 1.807) is 12.1 Å². The summed E-state index contributed by atoms with van der Waals surface area (Å²) in [5, 5.41) is 0. The molecule has 0 N–H and O–H groups in total. The lowest BCUT2D eigenvalue weighted by molar-refractivity contribution is -0.128. The van der Waals surface area contributed by atoms with Crippen LogP contribution in [0.3, 0.4) is 0 Å². The third kappa shape index (κ3) is 2.86. The number of amides is 1. The Bertz CT molecular complexity index is 435. The van der Waals surface area contributed by atoms with Crippen molar-refractivity contribution in [2.24, 2.45) is 5.92 Å². The molecular weight excluding hydrogens is 285 g/mol. The van der Waals surface area contributed by atoms with E-state index >= 15 is 0 Å². The minimum Gasteiger partial charge on any atom is -0.338 e. The van der Waals surface area contributed by atoms with Crippen molar-refractivity contribution >= 4 is 21.8 Å². The Balaban J connectivity index is 2.06. The summed E-state index contributed by atoms with van der Waals surface area (Å²) in [6.45, 7) is 3.51. The summed E-state index contributed by atoms with van der Waals surface area (Å²) in [6, 6.07) is 4.89. The molecular formula is C13H15BrFNO. The fourth-order valence-corrected chi connectivity index (χ4v) is 2.56. The number of nitrogens with zero attached hydrogens (tertiary/aromatic N) is 1. The monoisotopic (exact) mass is 299 g/mol. The molecule has 1 aromatic rings. The van der Waals surface area contributed by atoms with Gasteiger partial charge < -0.3 is 4.90 Å². The maximum atomic E-state index is 13.1. The van der Waals surface area contributed by atoms with Gasteiger partial charge in [-0.15, -0.1) is 0 Å². The van der Waals surface area contributed by atoms with Crippen molar-refractivity contribution in [1.82, 2.24) is 4.90 Å². The highest BCUT2D eigenvalue weighted by atomic mass is 79.9. The summed E-state index contributed by atoms with van der Waals surface area (Å²) in [5.41, 5.74) is 0.961. The third-order valence-electron chi connectivity index (χ3n) is 3.23. The van der Waals surface area contributed by atoms with Gasteiger partial charge >= 0.3 is 0 Å². The van der Waals surface area contributed by atoms with Crippen molar-refractivity contribution in [3.8, 4) is 0 Å². The molecule has 1 atom stereocenters. The van der Waals surface area contributed by atoms with Gasteiger partial charge in [-0.1, -0.05) is 19.4 Å². The van der Waals surface area contributed by atoms with Crippen LogP contribution in [0.4, 0.5) is 4.39 Å². The van der Waals surface area contributed by atoms with Gasteiger partial charge in [0.1, 0.15) is 5.82 Å². The predicted molar refractivity (Wildman–Crippen MR) is 67.9 cm³/mol. The lowest BCUT2D eigenvalue weighted by atomic mass is 10.1. The molecule has 0 spiro atoms. The zero-order valence-corrected chi connectivity index (χ0v) is 11.3. The zero-order valence-electron chi connectivity index (χ0n) is 9.75. The molecule has 1 amide bonds. The van der Waals surface area contributed by atoms with Crippen molar-refractivity contribution in [2.75, 3.05) is 6.54 Å². The van der Waals surface area contributed by atoms with Crippen molar-refractivity contribution in [1.29, 1.82) is 0 Å². The molecule has 1 aliphatic heterocycles. The molecule has 0 radical (unpaired) electrons. The van der Waals surface area contributed by atoms with Crippen LogP contribution < -0.4 is 0 Å². The molecule has 1 fully saturated rings. The topological polar surface area (TPSA) is 20.3 Å². The van der Waals surface area contributed by atoms with E-state index in [1.807, 2.05) is 4.90 Å². The number of likely N-dealkylation sites (tertiary alicyclic amines) is 1. The molecule has 2 nitrogen and oxygen atoms in total. The maximum absolute atomic E-state index is 13.1. The molecule has 1 aliphatic rings. The zero-order chi connectivity index (χ0) is 12.4. The molecule has 17 heavy (non-hydrogen) atoms. The van der Waals surface area contributed by atoms with Crippen molar-refractivity contribution in [3.05, 3.63) is 34.1 Å². The Kier molecular flexibility index (Phi) is 3.82. The summed E-state index contributed by atoms with van der Waals surface area (Å²) in [7, 11) is 0.